The number of pyridine rings is 1. The minimum absolute atomic E-state index is 0.0835. The van der Waals surface area contributed by atoms with Crippen LogP contribution in [0, 0.1) is 0 Å². The van der Waals surface area contributed by atoms with Crippen LogP contribution >= 0.6 is 11.6 Å². The number of hydrogen-bond donors (Lipinski definition) is 1. The highest BCUT2D eigenvalue weighted by Gasteiger charge is 2.33. The molecule has 6 nitrogen and oxygen atoms in total. The molecule has 3 heterocycles. The van der Waals surface area contributed by atoms with Crippen LogP contribution in [0.25, 0.3) is 16.8 Å². The van der Waals surface area contributed by atoms with E-state index >= 15 is 0 Å². The van der Waals surface area contributed by atoms with Crippen LogP contribution in [-0.4, -0.2) is 19.6 Å². The largest absolute Gasteiger partial charge is 0.477 e. The normalized spacial score (nSPS) is 11.7. The Labute approximate surface area is 172 Å². The Morgan fingerprint density at radius 3 is 2.57 bits per heavy atom. The van der Waals surface area contributed by atoms with Gasteiger partial charge in [-0.05, 0) is 29.8 Å². The van der Waals surface area contributed by atoms with Gasteiger partial charge in [0.05, 0.1) is 11.8 Å². The summed E-state index contributed by atoms with van der Waals surface area (Å²) in [6, 6.07) is 7.63. The molecule has 4 aromatic rings. The van der Waals surface area contributed by atoms with Gasteiger partial charge in [0, 0.05) is 29.0 Å². The molecule has 0 unspecified atom stereocenters. The van der Waals surface area contributed by atoms with Crippen LogP contribution < -0.4 is 9.96 Å². The minimum atomic E-state index is -4.67. The topological polar surface area (TPSA) is 72.1 Å². The highest BCUT2D eigenvalue weighted by molar-refractivity contribution is 6.31. The third-order valence-electron chi connectivity index (χ3n) is 4.50. The number of halogens is 4. The zero-order valence-electron chi connectivity index (χ0n) is 15.1. The van der Waals surface area contributed by atoms with Crippen molar-refractivity contribution in [2.24, 2.45) is 0 Å². The summed E-state index contributed by atoms with van der Waals surface area (Å²) in [6.07, 6.45) is 1.21. The first-order chi connectivity index (χ1) is 14.3. The molecule has 0 bridgehead atoms. The summed E-state index contributed by atoms with van der Waals surface area (Å²) in [6.45, 7) is 0.0835. The van der Waals surface area contributed by atoms with E-state index in [9.17, 15) is 23.1 Å². The lowest BCUT2D eigenvalue weighted by Gasteiger charge is -2.12. The molecule has 30 heavy (non-hydrogen) atoms. The van der Waals surface area contributed by atoms with Crippen LogP contribution in [0.3, 0.4) is 0 Å². The molecule has 0 spiro atoms. The monoisotopic (exact) mass is 433 g/mol. The van der Waals surface area contributed by atoms with E-state index < -0.39 is 23.2 Å². The van der Waals surface area contributed by atoms with Crippen LogP contribution in [-0.2, 0) is 12.7 Å². The number of aromatic hydroxyl groups is 1. The lowest BCUT2D eigenvalue weighted by molar-refractivity contribution is -0.532. The van der Waals surface area contributed by atoms with E-state index in [1.54, 1.807) is 18.2 Å². The molecule has 0 atom stereocenters. The smallest absolute Gasteiger partial charge is 0.416 e. The van der Waals surface area contributed by atoms with Crippen molar-refractivity contribution in [1.82, 2.24) is 14.5 Å². The lowest BCUT2D eigenvalue weighted by Crippen LogP contribution is -2.43. The van der Waals surface area contributed by atoms with Crippen molar-refractivity contribution in [3.05, 3.63) is 87.8 Å². The highest BCUT2D eigenvalue weighted by atomic mass is 35.5. The van der Waals surface area contributed by atoms with E-state index in [0.29, 0.717) is 11.2 Å². The summed E-state index contributed by atoms with van der Waals surface area (Å²) in [5.41, 5.74) is -1.19. The first-order valence-corrected chi connectivity index (χ1v) is 9.01. The van der Waals surface area contributed by atoms with Crippen LogP contribution in [0.1, 0.15) is 11.1 Å². The van der Waals surface area contributed by atoms with Crippen LogP contribution in [0.5, 0.6) is 5.88 Å². The standard InChI is InChI=1S/C20H12ClF3N4O2/c21-15-6-13(5-14(7-15)20(22,23)24)17-18(29)27-4-2-1-3-16(27)28(19(17)30)10-12-8-25-11-26-9-12/h1-9,11H,10H2/p+1. The molecule has 0 fully saturated rings. The van der Waals surface area contributed by atoms with Crippen molar-refractivity contribution < 1.29 is 22.7 Å². The van der Waals surface area contributed by atoms with Gasteiger partial charge in [-0.3, -0.25) is 0 Å². The number of benzene rings is 1. The fraction of sp³-hybridized carbons (Fsp3) is 0.100. The Hall–Kier alpha value is -3.46. The van der Waals surface area contributed by atoms with E-state index in [1.807, 2.05) is 0 Å². The number of nitrogens with zero attached hydrogens (tertiary/aromatic N) is 4. The number of aromatic nitrogens is 4. The Balaban J connectivity index is 2.02. The molecule has 0 aliphatic heterocycles. The average Bonchev–Trinajstić information content (AvgIpc) is 2.71. The maximum atomic E-state index is 13.3. The predicted molar refractivity (Wildman–Crippen MR) is 102 cm³/mol. The second-order valence-corrected chi connectivity index (χ2v) is 6.93. The molecular formula is C20H13ClF3N4O2+. The Morgan fingerprint density at radius 1 is 1.13 bits per heavy atom. The third-order valence-corrected chi connectivity index (χ3v) is 4.71. The average molecular weight is 434 g/mol. The second kappa shape index (κ2) is 7.42. The van der Waals surface area contributed by atoms with Gasteiger partial charge in [0.1, 0.15) is 12.9 Å². The van der Waals surface area contributed by atoms with Crippen LogP contribution in [0.2, 0.25) is 5.02 Å². The Morgan fingerprint density at radius 2 is 1.87 bits per heavy atom. The van der Waals surface area contributed by atoms with Gasteiger partial charge < -0.3 is 5.11 Å². The van der Waals surface area contributed by atoms with Gasteiger partial charge in [-0.2, -0.15) is 22.1 Å². The Kier molecular flexibility index (Phi) is 4.90. The molecule has 0 saturated heterocycles. The molecule has 0 radical (unpaired) electrons. The molecule has 0 amide bonds. The summed E-state index contributed by atoms with van der Waals surface area (Å²) in [5.74, 6) is -0.495. The molecule has 0 aliphatic carbocycles. The zero-order valence-corrected chi connectivity index (χ0v) is 15.9. The fourth-order valence-corrected chi connectivity index (χ4v) is 3.42. The molecule has 10 heteroatoms. The van der Waals surface area contributed by atoms with Gasteiger partial charge in [0.15, 0.2) is 5.56 Å². The van der Waals surface area contributed by atoms with Gasteiger partial charge in [0.25, 0.3) is 11.5 Å². The van der Waals surface area contributed by atoms with Crippen molar-refractivity contribution in [2.75, 3.05) is 0 Å². The molecule has 0 aliphatic rings. The van der Waals surface area contributed by atoms with Gasteiger partial charge in [0.2, 0.25) is 0 Å². The first-order valence-electron chi connectivity index (χ1n) is 8.64. The molecule has 152 valence electrons. The number of rotatable bonds is 3. The summed E-state index contributed by atoms with van der Waals surface area (Å²) in [7, 11) is 0. The molecule has 1 aromatic carbocycles. The second-order valence-electron chi connectivity index (χ2n) is 6.49. The van der Waals surface area contributed by atoms with E-state index in [0.717, 1.165) is 12.1 Å². The molecular weight excluding hydrogens is 421 g/mol. The minimum Gasteiger partial charge on any atom is -0.477 e. The summed E-state index contributed by atoms with van der Waals surface area (Å²) in [5, 5.41) is 10.7. The van der Waals surface area contributed by atoms with E-state index in [1.165, 1.54) is 40.0 Å². The van der Waals surface area contributed by atoms with Crippen molar-refractivity contribution in [3.63, 3.8) is 0 Å². The zero-order chi connectivity index (χ0) is 21.5. The van der Waals surface area contributed by atoms with Gasteiger partial charge in [-0.15, -0.1) is 0 Å². The van der Waals surface area contributed by atoms with Gasteiger partial charge >= 0.3 is 11.7 Å². The highest BCUT2D eigenvalue weighted by Crippen LogP contribution is 2.36. The van der Waals surface area contributed by atoms with E-state index in [4.69, 9.17) is 11.6 Å². The number of fused-ring (bicyclic) bond motifs is 1. The van der Waals surface area contributed by atoms with E-state index in [-0.39, 0.29) is 22.7 Å². The lowest BCUT2D eigenvalue weighted by atomic mass is 10.0. The quantitative estimate of drug-likeness (QED) is 0.502. The van der Waals surface area contributed by atoms with Crippen LogP contribution in [0.4, 0.5) is 13.2 Å². The van der Waals surface area contributed by atoms with Crippen molar-refractivity contribution in [1.29, 1.82) is 0 Å². The molecule has 4 rings (SSSR count). The van der Waals surface area contributed by atoms with Crippen molar-refractivity contribution in [3.8, 4) is 17.0 Å². The fourth-order valence-electron chi connectivity index (χ4n) is 3.19. The maximum absolute atomic E-state index is 13.3. The first kappa shape index (κ1) is 19.8. The summed E-state index contributed by atoms with van der Waals surface area (Å²) >= 11 is 5.88. The van der Waals surface area contributed by atoms with E-state index in [2.05, 4.69) is 9.97 Å². The van der Waals surface area contributed by atoms with Crippen LogP contribution in [0.15, 0.2) is 66.1 Å². The van der Waals surface area contributed by atoms with Crippen molar-refractivity contribution >= 4 is 17.2 Å². The molecule has 0 saturated carbocycles. The predicted octanol–water partition coefficient (Wildman–Crippen LogP) is 3.47. The maximum Gasteiger partial charge on any atom is 0.416 e. The van der Waals surface area contributed by atoms with Gasteiger partial charge in [-0.1, -0.05) is 17.7 Å². The Bertz CT molecular complexity index is 1310. The molecule has 1 N–H and O–H groups in total. The summed E-state index contributed by atoms with van der Waals surface area (Å²) < 4.78 is 42.4. The van der Waals surface area contributed by atoms with Crippen molar-refractivity contribution in [2.45, 2.75) is 12.7 Å². The third kappa shape index (κ3) is 3.59. The SMILES string of the molecule is O=c1c(-c2cc(Cl)cc(C(F)(F)F)c2)c(O)n(Cc2cncnc2)c2cccc[n+]12. The van der Waals surface area contributed by atoms with Gasteiger partial charge in [-0.25, -0.2) is 14.8 Å². The molecule has 3 aromatic heterocycles. The summed E-state index contributed by atoms with van der Waals surface area (Å²) in [4.78, 5) is 20.9. The number of alkyl halides is 3. The number of hydrogen-bond acceptors (Lipinski definition) is 4.